The summed E-state index contributed by atoms with van der Waals surface area (Å²) in [6, 6.07) is 9.10. The fourth-order valence-electron chi connectivity index (χ4n) is 1.66. The van der Waals surface area contributed by atoms with E-state index in [4.69, 9.17) is 4.74 Å². The van der Waals surface area contributed by atoms with Gasteiger partial charge in [0.2, 0.25) is 0 Å². The summed E-state index contributed by atoms with van der Waals surface area (Å²) in [4.78, 5) is 8.12. The third-order valence-corrected chi connectivity index (χ3v) is 2.41. The Balaban J connectivity index is 2.33. The minimum atomic E-state index is -0.874. The molecule has 0 spiro atoms. The molecule has 0 aliphatic heterocycles. The average molecular weight is 244 g/mol. The summed E-state index contributed by atoms with van der Waals surface area (Å²) in [7, 11) is 0. The van der Waals surface area contributed by atoms with Gasteiger partial charge in [-0.05, 0) is 26.0 Å². The maximum atomic E-state index is 10.3. The minimum Gasteiger partial charge on any atom is -0.491 e. The molecule has 1 unspecified atom stereocenters. The monoisotopic (exact) mass is 244 g/mol. The molecular formula is C14H16N2O2. The molecule has 0 saturated carbocycles. The van der Waals surface area contributed by atoms with E-state index < -0.39 is 6.10 Å². The Labute approximate surface area is 106 Å². The molecule has 94 valence electrons. The number of rotatable bonds is 4. The van der Waals surface area contributed by atoms with Crippen molar-refractivity contribution in [3.8, 4) is 5.75 Å². The van der Waals surface area contributed by atoms with Gasteiger partial charge in [0.05, 0.1) is 6.10 Å². The quantitative estimate of drug-likeness (QED) is 0.897. The number of aliphatic hydroxyl groups excluding tert-OH is 1. The summed E-state index contributed by atoms with van der Waals surface area (Å²) in [6.45, 7) is 3.89. The van der Waals surface area contributed by atoms with Gasteiger partial charge in [0.1, 0.15) is 11.9 Å². The zero-order valence-corrected chi connectivity index (χ0v) is 10.4. The van der Waals surface area contributed by atoms with Crippen LogP contribution in [0.1, 0.15) is 31.3 Å². The zero-order valence-electron chi connectivity index (χ0n) is 10.4. The van der Waals surface area contributed by atoms with Crippen LogP contribution >= 0.6 is 0 Å². The van der Waals surface area contributed by atoms with Crippen LogP contribution in [0.5, 0.6) is 5.75 Å². The number of aromatic nitrogens is 2. The summed E-state index contributed by atoms with van der Waals surface area (Å²) >= 11 is 0. The van der Waals surface area contributed by atoms with Crippen molar-refractivity contribution in [2.45, 2.75) is 26.1 Å². The molecular weight excluding hydrogens is 228 g/mol. The van der Waals surface area contributed by atoms with Gasteiger partial charge in [0.15, 0.2) is 5.82 Å². The van der Waals surface area contributed by atoms with Crippen molar-refractivity contribution < 1.29 is 9.84 Å². The van der Waals surface area contributed by atoms with E-state index in [1.807, 2.05) is 38.1 Å². The van der Waals surface area contributed by atoms with Crippen LogP contribution in [-0.4, -0.2) is 21.2 Å². The van der Waals surface area contributed by atoms with Crippen LogP contribution in [0.15, 0.2) is 42.7 Å². The average Bonchev–Trinajstić information content (AvgIpc) is 2.39. The molecule has 1 aromatic heterocycles. The van der Waals surface area contributed by atoms with Crippen molar-refractivity contribution in [1.82, 2.24) is 9.97 Å². The molecule has 1 aromatic carbocycles. The number of aliphatic hydroxyl groups is 1. The Morgan fingerprint density at radius 3 is 2.39 bits per heavy atom. The molecule has 0 aliphatic carbocycles. The third-order valence-electron chi connectivity index (χ3n) is 2.41. The van der Waals surface area contributed by atoms with E-state index in [9.17, 15) is 5.11 Å². The minimum absolute atomic E-state index is 0.0510. The van der Waals surface area contributed by atoms with Crippen molar-refractivity contribution in [2.24, 2.45) is 0 Å². The van der Waals surface area contributed by atoms with Crippen molar-refractivity contribution >= 4 is 0 Å². The van der Waals surface area contributed by atoms with Gasteiger partial charge in [-0.25, -0.2) is 9.97 Å². The molecule has 1 heterocycles. The highest BCUT2D eigenvalue weighted by Crippen LogP contribution is 2.28. The van der Waals surface area contributed by atoms with E-state index in [0.29, 0.717) is 17.1 Å². The lowest BCUT2D eigenvalue weighted by atomic mass is 10.1. The molecule has 0 aliphatic rings. The standard InChI is InChI=1S/C14H16N2O2/c1-10(2)18-12-7-4-3-6-11(12)13(17)14-15-8-5-9-16-14/h3-10,13,17H,1-2H3. The van der Waals surface area contributed by atoms with Gasteiger partial charge >= 0.3 is 0 Å². The summed E-state index contributed by atoms with van der Waals surface area (Å²) in [5.74, 6) is 1.03. The van der Waals surface area contributed by atoms with E-state index in [0.717, 1.165) is 0 Å². The Kier molecular flexibility index (Phi) is 3.89. The predicted molar refractivity (Wildman–Crippen MR) is 68.3 cm³/mol. The summed E-state index contributed by atoms with van der Waals surface area (Å²) in [5, 5.41) is 10.3. The summed E-state index contributed by atoms with van der Waals surface area (Å²) in [6.07, 6.45) is 2.39. The maximum absolute atomic E-state index is 10.3. The van der Waals surface area contributed by atoms with E-state index in [1.54, 1.807) is 18.5 Å². The molecule has 1 N–H and O–H groups in total. The van der Waals surface area contributed by atoms with Crippen LogP contribution in [0.3, 0.4) is 0 Å². The summed E-state index contributed by atoms with van der Waals surface area (Å²) in [5.41, 5.74) is 0.678. The van der Waals surface area contributed by atoms with Gasteiger partial charge in [-0.15, -0.1) is 0 Å². The fraction of sp³-hybridized carbons (Fsp3) is 0.286. The number of hydrogen-bond acceptors (Lipinski definition) is 4. The number of hydrogen-bond donors (Lipinski definition) is 1. The second-order valence-corrected chi connectivity index (χ2v) is 4.21. The molecule has 0 radical (unpaired) electrons. The Bertz CT molecular complexity index is 500. The number of ether oxygens (including phenoxy) is 1. The lowest BCUT2D eigenvalue weighted by molar-refractivity contribution is 0.191. The Hall–Kier alpha value is -1.94. The largest absolute Gasteiger partial charge is 0.491 e. The van der Waals surface area contributed by atoms with Crippen LogP contribution in [0, 0.1) is 0 Å². The van der Waals surface area contributed by atoms with Gasteiger partial charge < -0.3 is 9.84 Å². The molecule has 0 fully saturated rings. The van der Waals surface area contributed by atoms with Gasteiger partial charge in [-0.3, -0.25) is 0 Å². The van der Waals surface area contributed by atoms with Crippen molar-refractivity contribution in [3.63, 3.8) is 0 Å². The van der Waals surface area contributed by atoms with Gasteiger partial charge in [-0.1, -0.05) is 18.2 Å². The lowest BCUT2D eigenvalue weighted by Gasteiger charge is -2.17. The van der Waals surface area contributed by atoms with Crippen LogP contribution in [-0.2, 0) is 0 Å². The smallest absolute Gasteiger partial charge is 0.161 e. The number of nitrogens with zero attached hydrogens (tertiary/aromatic N) is 2. The van der Waals surface area contributed by atoms with E-state index in [1.165, 1.54) is 0 Å². The zero-order chi connectivity index (χ0) is 13.0. The molecule has 0 amide bonds. The second kappa shape index (κ2) is 5.60. The molecule has 4 heteroatoms. The highest BCUT2D eigenvalue weighted by molar-refractivity contribution is 5.37. The van der Waals surface area contributed by atoms with E-state index in [-0.39, 0.29) is 6.10 Å². The molecule has 2 aromatic rings. The highest BCUT2D eigenvalue weighted by Gasteiger charge is 2.17. The number of para-hydroxylation sites is 1. The topological polar surface area (TPSA) is 55.2 Å². The molecule has 1 atom stereocenters. The maximum Gasteiger partial charge on any atom is 0.161 e. The molecule has 4 nitrogen and oxygen atoms in total. The fourth-order valence-corrected chi connectivity index (χ4v) is 1.66. The predicted octanol–water partition coefficient (Wildman–Crippen LogP) is 2.35. The SMILES string of the molecule is CC(C)Oc1ccccc1C(O)c1ncccn1. The molecule has 18 heavy (non-hydrogen) atoms. The second-order valence-electron chi connectivity index (χ2n) is 4.21. The van der Waals surface area contributed by atoms with Gasteiger partial charge in [0, 0.05) is 18.0 Å². The van der Waals surface area contributed by atoms with Gasteiger partial charge in [-0.2, -0.15) is 0 Å². The van der Waals surface area contributed by atoms with Gasteiger partial charge in [0.25, 0.3) is 0 Å². The van der Waals surface area contributed by atoms with Crippen molar-refractivity contribution in [3.05, 3.63) is 54.1 Å². The first kappa shape index (κ1) is 12.5. The van der Waals surface area contributed by atoms with E-state index in [2.05, 4.69) is 9.97 Å². The molecule has 0 bridgehead atoms. The Morgan fingerprint density at radius 1 is 1.06 bits per heavy atom. The summed E-state index contributed by atoms with van der Waals surface area (Å²) < 4.78 is 5.67. The van der Waals surface area contributed by atoms with Crippen LogP contribution in [0.4, 0.5) is 0 Å². The highest BCUT2D eigenvalue weighted by atomic mass is 16.5. The van der Waals surface area contributed by atoms with Crippen LogP contribution < -0.4 is 4.74 Å². The molecule has 0 saturated heterocycles. The normalized spacial score (nSPS) is 12.4. The third kappa shape index (κ3) is 2.84. The van der Waals surface area contributed by atoms with Crippen molar-refractivity contribution in [2.75, 3.05) is 0 Å². The van der Waals surface area contributed by atoms with Crippen LogP contribution in [0.2, 0.25) is 0 Å². The first-order chi connectivity index (χ1) is 8.68. The Morgan fingerprint density at radius 2 is 1.72 bits per heavy atom. The lowest BCUT2D eigenvalue weighted by Crippen LogP contribution is -2.11. The van der Waals surface area contributed by atoms with E-state index >= 15 is 0 Å². The first-order valence-corrected chi connectivity index (χ1v) is 5.89. The van der Waals surface area contributed by atoms with Crippen molar-refractivity contribution in [1.29, 1.82) is 0 Å². The first-order valence-electron chi connectivity index (χ1n) is 5.89. The number of benzene rings is 1. The molecule has 2 rings (SSSR count). The van der Waals surface area contributed by atoms with Crippen LogP contribution in [0.25, 0.3) is 0 Å².